The van der Waals surface area contributed by atoms with Gasteiger partial charge in [-0.1, -0.05) is 30.3 Å². The lowest BCUT2D eigenvalue weighted by atomic mass is 10.1. The van der Waals surface area contributed by atoms with Crippen LogP contribution in [0, 0.1) is 0 Å². The van der Waals surface area contributed by atoms with E-state index in [-0.39, 0.29) is 35.2 Å². The molecule has 7 nitrogen and oxygen atoms in total. The van der Waals surface area contributed by atoms with Gasteiger partial charge in [0, 0.05) is 6.54 Å². The van der Waals surface area contributed by atoms with Crippen molar-refractivity contribution < 1.29 is 28.7 Å². The van der Waals surface area contributed by atoms with Gasteiger partial charge in [-0.05, 0) is 44.0 Å². The highest BCUT2D eigenvalue weighted by Crippen LogP contribution is 2.24. The molecule has 0 N–H and O–H groups in total. The molecule has 0 saturated heterocycles. The van der Waals surface area contributed by atoms with Crippen LogP contribution in [0.1, 0.15) is 50.5 Å². The Morgan fingerprint density at radius 2 is 1.66 bits per heavy atom. The summed E-state index contributed by atoms with van der Waals surface area (Å²) in [5.74, 6) is -2.26. The van der Waals surface area contributed by atoms with Crippen molar-refractivity contribution in [3.63, 3.8) is 0 Å². The Hall–Kier alpha value is -3.48. The highest BCUT2D eigenvalue weighted by atomic mass is 16.6. The van der Waals surface area contributed by atoms with Crippen LogP contribution in [-0.2, 0) is 20.7 Å². The summed E-state index contributed by atoms with van der Waals surface area (Å²) < 4.78 is 9.82. The summed E-state index contributed by atoms with van der Waals surface area (Å²) in [5, 5.41) is 0. The molecule has 0 fully saturated rings. The number of ether oxygens (including phenoxy) is 2. The summed E-state index contributed by atoms with van der Waals surface area (Å²) in [4.78, 5) is 50.1. The van der Waals surface area contributed by atoms with Crippen molar-refractivity contribution >= 4 is 23.8 Å². The van der Waals surface area contributed by atoms with E-state index in [0.717, 1.165) is 5.56 Å². The number of imide groups is 1. The van der Waals surface area contributed by atoms with Crippen molar-refractivity contribution in [3.8, 4) is 0 Å². The Morgan fingerprint density at radius 3 is 2.34 bits per heavy atom. The number of hydrogen-bond acceptors (Lipinski definition) is 6. The average molecular weight is 395 g/mol. The minimum absolute atomic E-state index is 0.0900. The van der Waals surface area contributed by atoms with Gasteiger partial charge in [0.1, 0.15) is 0 Å². The second-order valence-electron chi connectivity index (χ2n) is 6.87. The van der Waals surface area contributed by atoms with Crippen LogP contribution in [0.15, 0.2) is 48.5 Å². The Kier molecular flexibility index (Phi) is 6.07. The molecule has 1 aliphatic heterocycles. The van der Waals surface area contributed by atoms with Crippen LogP contribution < -0.4 is 0 Å². The SMILES string of the molecule is CC(C)OC(=O)COC(=O)c1ccc2c(c1)C(=O)N(CCc1ccccc1)C2=O. The Bertz CT molecular complexity index is 951. The number of amides is 2. The van der Waals surface area contributed by atoms with Crippen molar-refractivity contribution in [3.05, 3.63) is 70.8 Å². The largest absolute Gasteiger partial charge is 0.460 e. The molecular weight excluding hydrogens is 374 g/mol. The fourth-order valence-electron chi connectivity index (χ4n) is 3.01. The van der Waals surface area contributed by atoms with E-state index in [1.165, 1.54) is 23.1 Å². The van der Waals surface area contributed by atoms with E-state index in [2.05, 4.69) is 0 Å². The van der Waals surface area contributed by atoms with Crippen molar-refractivity contribution in [2.45, 2.75) is 26.4 Å². The summed E-state index contributed by atoms with van der Waals surface area (Å²) in [6.07, 6.45) is 0.228. The Labute approximate surface area is 168 Å². The number of carbonyl (C=O) groups excluding carboxylic acids is 4. The number of esters is 2. The number of rotatable bonds is 7. The lowest BCUT2D eigenvalue weighted by Crippen LogP contribution is -2.31. The summed E-state index contributed by atoms with van der Waals surface area (Å²) >= 11 is 0. The van der Waals surface area contributed by atoms with E-state index in [0.29, 0.717) is 6.42 Å². The first kappa shape index (κ1) is 20.3. The molecule has 3 rings (SSSR count). The molecule has 0 atom stereocenters. The Morgan fingerprint density at radius 1 is 0.966 bits per heavy atom. The van der Waals surface area contributed by atoms with Crippen LogP contribution in [0.2, 0.25) is 0 Å². The lowest BCUT2D eigenvalue weighted by Gasteiger charge is -2.13. The normalized spacial score (nSPS) is 12.9. The maximum absolute atomic E-state index is 12.7. The second-order valence-corrected chi connectivity index (χ2v) is 6.87. The number of hydrogen-bond donors (Lipinski definition) is 0. The van der Waals surface area contributed by atoms with Gasteiger partial charge in [0.15, 0.2) is 6.61 Å². The number of benzene rings is 2. The molecule has 2 amide bonds. The van der Waals surface area contributed by atoms with Crippen LogP contribution in [0.25, 0.3) is 0 Å². The molecule has 0 radical (unpaired) electrons. The molecule has 2 aromatic rings. The molecule has 0 unspecified atom stereocenters. The first-order valence-electron chi connectivity index (χ1n) is 9.27. The molecule has 150 valence electrons. The van der Waals surface area contributed by atoms with Gasteiger partial charge in [0.05, 0.1) is 22.8 Å². The van der Waals surface area contributed by atoms with Gasteiger partial charge in [-0.15, -0.1) is 0 Å². The average Bonchev–Trinajstić information content (AvgIpc) is 2.94. The van der Waals surface area contributed by atoms with Crippen molar-refractivity contribution in [2.24, 2.45) is 0 Å². The number of nitrogens with zero attached hydrogens (tertiary/aromatic N) is 1. The second kappa shape index (κ2) is 8.68. The third-order valence-corrected chi connectivity index (χ3v) is 4.36. The first-order chi connectivity index (χ1) is 13.9. The molecule has 0 aromatic heterocycles. The van der Waals surface area contributed by atoms with E-state index in [9.17, 15) is 19.2 Å². The van der Waals surface area contributed by atoms with Crippen LogP contribution in [0.3, 0.4) is 0 Å². The monoisotopic (exact) mass is 395 g/mol. The van der Waals surface area contributed by atoms with Gasteiger partial charge in [-0.25, -0.2) is 9.59 Å². The molecule has 0 spiro atoms. The summed E-state index contributed by atoms with van der Waals surface area (Å²) in [6, 6.07) is 13.7. The fraction of sp³-hybridized carbons (Fsp3) is 0.273. The zero-order valence-corrected chi connectivity index (χ0v) is 16.2. The Balaban J connectivity index is 1.67. The zero-order chi connectivity index (χ0) is 21.0. The summed E-state index contributed by atoms with van der Waals surface area (Å²) in [7, 11) is 0. The maximum Gasteiger partial charge on any atom is 0.344 e. The number of fused-ring (bicyclic) bond motifs is 1. The zero-order valence-electron chi connectivity index (χ0n) is 16.2. The van der Waals surface area contributed by atoms with Crippen molar-refractivity contribution in [1.29, 1.82) is 0 Å². The van der Waals surface area contributed by atoms with Crippen molar-refractivity contribution in [2.75, 3.05) is 13.2 Å². The van der Waals surface area contributed by atoms with Gasteiger partial charge in [0.2, 0.25) is 0 Å². The lowest BCUT2D eigenvalue weighted by molar-refractivity contribution is -0.150. The van der Waals surface area contributed by atoms with Crippen LogP contribution in [-0.4, -0.2) is 47.9 Å². The third kappa shape index (κ3) is 4.68. The first-order valence-corrected chi connectivity index (χ1v) is 9.27. The van der Waals surface area contributed by atoms with Crippen LogP contribution in [0.4, 0.5) is 0 Å². The highest BCUT2D eigenvalue weighted by Gasteiger charge is 2.35. The smallest absolute Gasteiger partial charge is 0.344 e. The van der Waals surface area contributed by atoms with E-state index < -0.39 is 24.5 Å². The predicted octanol–water partition coefficient (Wildman–Crippen LogP) is 2.63. The standard InChI is InChI=1S/C22H21NO6/c1-14(2)29-19(24)13-28-22(27)16-8-9-17-18(12-16)21(26)23(20(17)25)11-10-15-6-4-3-5-7-15/h3-9,12,14H,10-11,13H2,1-2H3. The van der Waals surface area contributed by atoms with Crippen LogP contribution >= 0.6 is 0 Å². The van der Waals surface area contributed by atoms with Gasteiger partial charge in [0.25, 0.3) is 11.8 Å². The molecule has 0 saturated carbocycles. The van der Waals surface area contributed by atoms with E-state index in [1.807, 2.05) is 30.3 Å². The highest BCUT2D eigenvalue weighted by molar-refractivity contribution is 6.22. The molecule has 1 aliphatic rings. The molecule has 29 heavy (non-hydrogen) atoms. The van der Waals surface area contributed by atoms with Gasteiger partial charge in [-0.2, -0.15) is 0 Å². The number of carbonyl (C=O) groups is 4. The summed E-state index contributed by atoms with van der Waals surface area (Å²) in [6.45, 7) is 3.10. The summed E-state index contributed by atoms with van der Waals surface area (Å²) in [5.41, 5.74) is 1.51. The van der Waals surface area contributed by atoms with Crippen molar-refractivity contribution in [1.82, 2.24) is 4.90 Å². The predicted molar refractivity (Wildman–Crippen MR) is 103 cm³/mol. The van der Waals surface area contributed by atoms with Crippen LogP contribution in [0.5, 0.6) is 0 Å². The molecule has 2 aromatic carbocycles. The van der Waals surface area contributed by atoms with Gasteiger partial charge < -0.3 is 9.47 Å². The molecular formula is C22H21NO6. The topological polar surface area (TPSA) is 90.0 Å². The van der Waals surface area contributed by atoms with Gasteiger partial charge >= 0.3 is 11.9 Å². The molecule has 0 aliphatic carbocycles. The molecule has 1 heterocycles. The van der Waals surface area contributed by atoms with E-state index >= 15 is 0 Å². The van der Waals surface area contributed by atoms with E-state index in [4.69, 9.17) is 9.47 Å². The quantitative estimate of drug-likeness (QED) is 0.529. The van der Waals surface area contributed by atoms with E-state index in [1.54, 1.807) is 13.8 Å². The van der Waals surface area contributed by atoms with Gasteiger partial charge in [-0.3, -0.25) is 14.5 Å². The molecule has 7 heteroatoms. The fourth-order valence-corrected chi connectivity index (χ4v) is 3.01. The third-order valence-electron chi connectivity index (χ3n) is 4.36. The minimum atomic E-state index is -0.767. The maximum atomic E-state index is 12.7. The minimum Gasteiger partial charge on any atom is -0.460 e. The molecule has 0 bridgehead atoms.